The number of amides is 1. The maximum Gasteiger partial charge on any atom is 0.252 e. The average Bonchev–Trinajstić information content (AvgIpc) is 3.73. The SMILES string of the molecule is CN(C1CC1)[C@H]1CCN([C@H]2CCCC(F)(F)[C@@H]2CC(=O)N2CCC(C)(c3noc([C@@H]4C[C@@H]4F)n3)CC2)C1. The Bertz CT molecular complexity index is 992. The molecule has 2 aliphatic heterocycles. The highest BCUT2D eigenvalue weighted by molar-refractivity contribution is 5.76. The topological polar surface area (TPSA) is 65.7 Å². The molecule has 10 heteroatoms. The molecule has 1 aromatic heterocycles. The minimum Gasteiger partial charge on any atom is -0.343 e. The highest BCUT2D eigenvalue weighted by Crippen LogP contribution is 2.46. The van der Waals surface area contributed by atoms with E-state index in [9.17, 15) is 9.18 Å². The van der Waals surface area contributed by atoms with Crippen molar-refractivity contribution in [2.75, 3.05) is 33.2 Å². The Kier molecular flexibility index (Phi) is 6.57. The van der Waals surface area contributed by atoms with Gasteiger partial charge in [0.1, 0.15) is 6.17 Å². The highest BCUT2D eigenvalue weighted by Gasteiger charge is 2.51. The summed E-state index contributed by atoms with van der Waals surface area (Å²) in [4.78, 5) is 24.3. The Morgan fingerprint density at radius 1 is 1.11 bits per heavy atom. The molecule has 1 aromatic rings. The van der Waals surface area contributed by atoms with Gasteiger partial charge in [0.25, 0.3) is 5.92 Å². The van der Waals surface area contributed by atoms with Crippen LogP contribution in [0, 0.1) is 5.92 Å². The van der Waals surface area contributed by atoms with Gasteiger partial charge < -0.3 is 9.42 Å². The molecule has 5 atom stereocenters. The number of alkyl halides is 3. The molecular formula is C27H40F3N5O2. The first kappa shape index (κ1) is 25.6. The molecule has 1 amide bonds. The molecule has 6 rings (SSSR count). The summed E-state index contributed by atoms with van der Waals surface area (Å²) in [6.07, 6.45) is 5.34. The predicted octanol–water partition coefficient (Wildman–Crippen LogP) is 4.14. The number of carbonyl (C=O) groups is 1. The fraction of sp³-hybridized carbons (Fsp3) is 0.889. The number of likely N-dealkylation sites (N-methyl/N-ethyl adjacent to an activating group) is 1. The normalized spacial score (nSPS) is 35.7. The van der Waals surface area contributed by atoms with Crippen LogP contribution >= 0.6 is 0 Å². The van der Waals surface area contributed by atoms with E-state index in [2.05, 4.69) is 27.0 Å². The monoisotopic (exact) mass is 523 g/mol. The smallest absolute Gasteiger partial charge is 0.252 e. The van der Waals surface area contributed by atoms with Crippen LogP contribution in [0.25, 0.3) is 0 Å². The first-order valence-corrected chi connectivity index (χ1v) is 14.2. The van der Waals surface area contributed by atoms with Crippen LogP contribution in [0.1, 0.15) is 88.8 Å². The maximum atomic E-state index is 15.3. The molecular weight excluding hydrogens is 483 g/mol. The molecule has 0 spiro atoms. The third kappa shape index (κ3) is 5.04. The van der Waals surface area contributed by atoms with Gasteiger partial charge >= 0.3 is 0 Å². The van der Waals surface area contributed by atoms with Crippen LogP contribution in [-0.4, -0.2) is 94.2 Å². The third-order valence-electron chi connectivity index (χ3n) is 10.0. The van der Waals surface area contributed by atoms with Crippen molar-refractivity contribution in [2.45, 2.75) is 113 Å². The number of likely N-dealkylation sites (tertiary alicyclic amines) is 2. The van der Waals surface area contributed by atoms with Crippen LogP contribution in [0.4, 0.5) is 13.2 Å². The lowest BCUT2D eigenvalue weighted by Gasteiger charge is -2.44. The first-order chi connectivity index (χ1) is 17.6. The van der Waals surface area contributed by atoms with E-state index in [-0.39, 0.29) is 36.1 Å². The summed E-state index contributed by atoms with van der Waals surface area (Å²) in [5, 5.41) is 4.11. The van der Waals surface area contributed by atoms with Crippen LogP contribution < -0.4 is 0 Å². The molecule has 0 N–H and O–H groups in total. The minimum absolute atomic E-state index is 0.0973. The molecule has 0 unspecified atom stereocenters. The zero-order chi connectivity index (χ0) is 25.9. The van der Waals surface area contributed by atoms with E-state index in [4.69, 9.17) is 4.52 Å². The zero-order valence-electron chi connectivity index (χ0n) is 22.1. The maximum absolute atomic E-state index is 15.3. The van der Waals surface area contributed by atoms with Crippen molar-refractivity contribution < 1.29 is 22.5 Å². The second kappa shape index (κ2) is 9.50. The summed E-state index contributed by atoms with van der Waals surface area (Å²) in [5.41, 5.74) is -0.366. The van der Waals surface area contributed by atoms with E-state index < -0.39 is 18.0 Å². The molecule has 5 fully saturated rings. The summed E-state index contributed by atoms with van der Waals surface area (Å²) < 4.78 is 49.2. The van der Waals surface area contributed by atoms with Gasteiger partial charge in [0, 0.05) is 68.5 Å². The second-order valence-electron chi connectivity index (χ2n) is 12.6. The lowest BCUT2D eigenvalue weighted by atomic mass is 9.77. The van der Waals surface area contributed by atoms with Crippen LogP contribution in [0.5, 0.6) is 0 Å². The van der Waals surface area contributed by atoms with Gasteiger partial charge in [-0.15, -0.1) is 0 Å². The fourth-order valence-corrected chi connectivity index (χ4v) is 6.96. The molecule has 37 heavy (non-hydrogen) atoms. The first-order valence-electron chi connectivity index (χ1n) is 14.2. The van der Waals surface area contributed by atoms with Crippen LogP contribution in [0.2, 0.25) is 0 Å². The van der Waals surface area contributed by atoms with Crippen molar-refractivity contribution in [3.05, 3.63) is 11.7 Å². The molecule has 0 bridgehead atoms. The van der Waals surface area contributed by atoms with Crippen molar-refractivity contribution in [1.82, 2.24) is 24.8 Å². The largest absolute Gasteiger partial charge is 0.343 e. The van der Waals surface area contributed by atoms with E-state index in [1.165, 1.54) is 12.8 Å². The molecule has 0 aromatic carbocycles. The van der Waals surface area contributed by atoms with Crippen molar-refractivity contribution in [3.63, 3.8) is 0 Å². The number of piperidine rings is 1. The Balaban J connectivity index is 1.07. The Labute approximate surface area is 217 Å². The minimum atomic E-state index is -2.82. The van der Waals surface area contributed by atoms with Gasteiger partial charge in [0.2, 0.25) is 11.8 Å². The number of hydrogen-bond acceptors (Lipinski definition) is 6. The molecule has 7 nitrogen and oxygen atoms in total. The lowest BCUT2D eigenvalue weighted by Crippen LogP contribution is -2.53. The molecule has 2 saturated heterocycles. The van der Waals surface area contributed by atoms with Crippen molar-refractivity contribution in [2.24, 2.45) is 5.92 Å². The number of hydrogen-bond donors (Lipinski definition) is 0. The Hall–Kier alpha value is -1.68. The molecule has 0 radical (unpaired) electrons. The zero-order valence-corrected chi connectivity index (χ0v) is 22.1. The molecule has 3 aliphatic carbocycles. The summed E-state index contributed by atoms with van der Waals surface area (Å²) in [7, 11) is 2.17. The van der Waals surface area contributed by atoms with Gasteiger partial charge in [0.05, 0.1) is 5.92 Å². The van der Waals surface area contributed by atoms with Gasteiger partial charge in [-0.2, -0.15) is 4.98 Å². The molecule has 3 heterocycles. The lowest BCUT2D eigenvalue weighted by molar-refractivity contribution is -0.149. The van der Waals surface area contributed by atoms with Gasteiger partial charge in [0.15, 0.2) is 5.82 Å². The molecule has 3 saturated carbocycles. The number of aromatic nitrogens is 2. The van der Waals surface area contributed by atoms with Gasteiger partial charge in [-0.1, -0.05) is 12.1 Å². The Morgan fingerprint density at radius 3 is 2.51 bits per heavy atom. The number of rotatable bonds is 7. The summed E-state index contributed by atoms with van der Waals surface area (Å²) in [6.45, 7) is 4.67. The van der Waals surface area contributed by atoms with Crippen LogP contribution in [0.15, 0.2) is 4.52 Å². The van der Waals surface area contributed by atoms with Crippen molar-refractivity contribution >= 4 is 5.91 Å². The second-order valence-corrected chi connectivity index (χ2v) is 12.6. The summed E-state index contributed by atoms with van der Waals surface area (Å²) in [6, 6.07) is 0.855. The van der Waals surface area contributed by atoms with Gasteiger partial charge in [-0.25, -0.2) is 13.2 Å². The van der Waals surface area contributed by atoms with Crippen LogP contribution in [-0.2, 0) is 10.2 Å². The molecule has 5 aliphatic rings. The van der Waals surface area contributed by atoms with E-state index >= 15 is 8.78 Å². The fourth-order valence-electron chi connectivity index (χ4n) is 6.96. The molecule has 206 valence electrons. The number of nitrogens with zero attached hydrogens (tertiary/aromatic N) is 5. The van der Waals surface area contributed by atoms with Gasteiger partial charge in [-0.3, -0.25) is 14.6 Å². The number of halogens is 3. The van der Waals surface area contributed by atoms with Crippen LogP contribution in [0.3, 0.4) is 0 Å². The van der Waals surface area contributed by atoms with E-state index in [0.29, 0.717) is 62.6 Å². The van der Waals surface area contributed by atoms with Crippen molar-refractivity contribution in [3.8, 4) is 0 Å². The van der Waals surface area contributed by atoms with E-state index in [1.54, 1.807) is 4.90 Å². The average molecular weight is 524 g/mol. The third-order valence-corrected chi connectivity index (χ3v) is 10.0. The Morgan fingerprint density at radius 2 is 1.84 bits per heavy atom. The van der Waals surface area contributed by atoms with Crippen molar-refractivity contribution in [1.29, 1.82) is 0 Å². The highest BCUT2D eigenvalue weighted by atomic mass is 19.3. The quantitative estimate of drug-likeness (QED) is 0.535. The summed E-state index contributed by atoms with van der Waals surface area (Å²) in [5.74, 6) is -3.28. The van der Waals surface area contributed by atoms with Gasteiger partial charge in [-0.05, 0) is 58.4 Å². The van der Waals surface area contributed by atoms with E-state index in [0.717, 1.165) is 25.9 Å². The summed E-state index contributed by atoms with van der Waals surface area (Å²) >= 11 is 0. The predicted molar refractivity (Wildman–Crippen MR) is 131 cm³/mol. The standard InChI is InChI=1S/C27H40F3N5O2/c1-26(25-31-24(37-32-25)19-14-21(19)28)9-12-34(13-10-26)23(36)15-20-22(4-3-8-27(20,29)30)35-11-7-18(16-35)33(2)17-5-6-17/h17-22H,3-16H2,1-2H3/t18-,19+,20+,21-,22-/m0/s1. The van der Waals surface area contributed by atoms with E-state index in [1.807, 2.05) is 6.92 Å². The number of carbonyl (C=O) groups excluding carboxylic acids is 1.